The van der Waals surface area contributed by atoms with Crippen molar-refractivity contribution in [2.24, 2.45) is 5.73 Å². The monoisotopic (exact) mass is 253 g/mol. The Morgan fingerprint density at radius 3 is 2.56 bits per heavy atom. The van der Waals surface area contributed by atoms with Crippen LogP contribution in [0.3, 0.4) is 0 Å². The van der Waals surface area contributed by atoms with Crippen molar-refractivity contribution in [3.05, 3.63) is 0 Å². The summed E-state index contributed by atoms with van der Waals surface area (Å²) in [6.45, 7) is 2.72. The summed E-state index contributed by atoms with van der Waals surface area (Å²) in [4.78, 5) is 25.5. The molecule has 0 aromatic carbocycles. The summed E-state index contributed by atoms with van der Waals surface area (Å²) < 4.78 is 0. The molecular weight excluding hydrogens is 230 g/mol. The number of nitrogens with two attached hydrogens (primary N) is 1. The molecule has 0 bridgehead atoms. The molecule has 1 heterocycles. The third-order valence-electron chi connectivity index (χ3n) is 4.30. The Hall–Kier alpha value is -1.10. The minimum absolute atomic E-state index is 0.0131. The first-order valence-corrected chi connectivity index (χ1v) is 6.87. The van der Waals surface area contributed by atoms with Gasteiger partial charge in [-0.25, -0.2) is 0 Å². The van der Waals surface area contributed by atoms with Crippen molar-refractivity contribution in [1.29, 1.82) is 0 Å². The van der Waals surface area contributed by atoms with E-state index in [1.807, 2.05) is 0 Å². The zero-order valence-electron chi connectivity index (χ0n) is 11.1. The van der Waals surface area contributed by atoms with Gasteiger partial charge in [-0.2, -0.15) is 0 Å². The van der Waals surface area contributed by atoms with Crippen LogP contribution in [-0.4, -0.2) is 41.4 Å². The molecule has 1 aliphatic heterocycles. The second-order valence-corrected chi connectivity index (χ2v) is 5.55. The largest absolute Gasteiger partial charge is 0.348 e. The topological polar surface area (TPSA) is 75.4 Å². The molecule has 1 atom stereocenters. The lowest BCUT2D eigenvalue weighted by Gasteiger charge is -2.32. The SMILES string of the molecule is CC(=O)N1CCCC1C(=O)NC1(CN)CCCC1. The van der Waals surface area contributed by atoms with E-state index in [9.17, 15) is 9.59 Å². The highest BCUT2D eigenvalue weighted by Crippen LogP contribution is 2.29. The predicted octanol–water partition coefficient (Wildman–Crippen LogP) is 0.385. The van der Waals surface area contributed by atoms with Gasteiger partial charge < -0.3 is 16.0 Å². The first-order chi connectivity index (χ1) is 8.58. The van der Waals surface area contributed by atoms with E-state index < -0.39 is 0 Å². The molecule has 3 N–H and O–H groups in total. The van der Waals surface area contributed by atoms with Gasteiger partial charge >= 0.3 is 0 Å². The molecular formula is C13H23N3O2. The maximum Gasteiger partial charge on any atom is 0.243 e. The molecule has 2 fully saturated rings. The van der Waals surface area contributed by atoms with Gasteiger partial charge in [0.05, 0.1) is 5.54 Å². The van der Waals surface area contributed by atoms with Crippen LogP contribution < -0.4 is 11.1 Å². The molecule has 2 aliphatic rings. The van der Waals surface area contributed by atoms with E-state index in [-0.39, 0.29) is 23.4 Å². The summed E-state index contributed by atoms with van der Waals surface area (Å²) in [5.74, 6) is -0.0316. The van der Waals surface area contributed by atoms with Gasteiger partial charge in [0.15, 0.2) is 0 Å². The summed E-state index contributed by atoms with van der Waals surface area (Å²) in [6.07, 6.45) is 5.85. The summed E-state index contributed by atoms with van der Waals surface area (Å²) >= 11 is 0. The molecule has 2 rings (SSSR count). The standard InChI is InChI=1S/C13H23N3O2/c1-10(17)16-8-4-5-11(16)12(18)15-13(9-14)6-2-3-7-13/h11H,2-9,14H2,1H3,(H,15,18). The minimum atomic E-state index is -0.286. The summed E-state index contributed by atoms with van der Waals surface area (Å²) in [5.41, 5.74) is 5.59. The molecule has 1 unspecified atom stereocenters. The maximum absolute atomic E-state index is 12.3. The molecule has 5 heteroatoms. The Bertz CT molecular complexity index is 337. The van der Waals surface area contributed by atoms with Crippen molar-refractivity contribution >= 4 is 11.8 Å². The van der Waals surface area contributed by atoms with Gasteiger partial charge in [0.25, 0.3) is 0 Å². The number of nitrogens with zero attached hydrogens (tertiary/aromatic N) is 1. The third-order valence-corrected chi connectivity index (χ3v) is 4.30. The molecule has 0 aromatic rings. The number of hydrogen-bond acceptors (Lipinski definition) is 3. The molecule has 1 saturated carbocycles. The maximum atomic E-state index is 12.3. The van der Waals surface area contributed by atoms with Crippen molar-refractivity contribution in [2.45, 2.75) is 57.0 Å². The van der Waals surface area contributed by atoms with E-state index >= 15 is 0 Å². The predicted molar refractivity (Wildman–Crippen MR) is 68.8 cm³/mol. The van der Waals surface area contributed by atoms with Crippen LogP contribution in [0.5, 0.6) is 0 Å². The van der Waals surface area contributed by atoms with Crippen molar-refractivity contribution in [2.75, 3.05) is 13.1 Å². The van der Waals surface area contributed by atoms with Gasteiger partial charge in [-0.15, -0.1) is 0 Å². The second-order valence-electron chi connectivity index (χ2n) is 5.55. The van der Waals surface area contributed by atoms with Crippen molar-refractivity contribution in [3.8, 4) is 0 Å². The highest BCUT2D eigenvalue weighted by Gasteiger charge is 2.39. The van der Waals surface area contributed by atoms with Crippen LogP contribution in [0, 0.1) is 0 Å². The molecule has 0 radical (unpaired) electrons. The fourth-order valence-electron chi connectivity index (χ4n) is 3.19. The third kappa shape index (κ3) is 2.51. The van der Waals surface area contributed by atoms with Crippen LogP contribution in [0.2, 0.25) is 0 Å². The summed E-state index contributed by atoms with van der Waals surface area (Å²) in [7, 11) is 0. The lowest BCUT2D eigenvalue weighted by Crippen LogP contribution is -2.56. The smallest absolute Gasteiger partial charge is 0.243 e. The lowest BCUT2D eigenvalue weighted by atomic mass is 9.97. The number of carbonyl (C=O) groups is 2. The quantitative estimate of drug-likeness (QED) is 0.763. The van der Waals surface area contributed by atoms with Gasteiger partial charge in [-0.05, 0) is 25.7 Å². The zero-order chi connectivity index (χ0) is 13.2. The Morgan fingerprint density at radius 1 is 1.33 bits per heavy atom. The first-order valence-electron chi connectivity index (χ1n) is 6.87. The first kappa shape index (κ1) is 13.3. The van der Waals surface area contributed by atoms with Gasteiger partial charge in [-0.1, -0.05) is 12.8 Å². The van der Waals surface area contributed by atoms with Crippen LogP contribution in [0.25, 0.3) is 0 Å². The zero-order valence-corrected chi connectivity index (χ0v) is 11.1. The number of nitrogens with one attached hydrogen (secondary N) is 1. The molecule has 5 nitrogen and oxygen atoms in total. The molecule has 0 spiro atoms. The second kappa shape index (κ2) is 5.26. The number of likely N-dealkylation sites (tertiary alicyclic amines) is 1. The van der Waals surface area contributed by atoms with E-state index in [0.717, 1.165) is 38.5 Å². The molecule has 1 aliphatic carbocycles. The molecule has 18 heavy (non-hydrogen) atoms. The van der Waals surface area contributed by atoms with Crippen LogP contribution in [0.15, 0.2) is 0 Å². The van der Waals surface area contributed by atoms with Crippen molar-refractivity contribution in [3.63, 3.8) is 0 Å². The summed E-state index contributed by atoms with van der Waals surface area (Å²) in [5, 5.41) is 3.11. The lowest BCUT2D eigenvalue weighted by molar-refractivity contribution is -0.137. The van der Waals surface area contributed by atoms with Gasteiger partial charge in [0.2, 0.25) is 11.8 Å². The minimum Gasteiger partial charge on any atom is -0.348 e. The van der Waals surface area contributed by atoms with Crippen LogP contribution >= 0.6 is 0 Å². The van der Waals surface area contributed by atoms with Crippen molar-refractivity contribution < 1.29 is 9.59 Å². The molecule has 102 valence electrons. The van der Waals surface area contributed by atoms with Crippen molar-refractivity contribution in [1.82, 2.24) is 10.2 Å². The van der Waals surface area contributed by atoms with E-state index in [0.29, 0.717) is 13.1 Å². The molecule has 0 aromatic heterocycles. The van der Waals surface area contributed by atoms with Gasteiger partial charge in [0, 0.05) is 20.0 Å². The number of rotatable bonds is 3. The average molecular weight is 253 g/mol. The van der Waals surface area contributed by atoms with E-state index in [1.54, 1.807) is 4.90 Å². The Kier molecular flexibility index (Phi) is 3.90. The van der Waals surface area contributed by atoms with Gasteiger partial charge in [-0.3, -0.25) is 9.59 Å². The Balaban J connectivity index is 2.00. The molecule has 1 saturated heterocycles. The normalized spacial score (nSPS) is 26.3. The van der Waals surface area contributed by atoms with E-state index in [2.05, 4.69) is 5.32 Å². The number of hydrogen-bond donors (Lipinski definition) is 2. The fraction of sp³-hybridized carbons (Fsp3) is 0.846. The number of amides is 2. The van der Waals surface area contributed by atoms with E-state index in [1.165, 1.54) is 6.92 Å². The fourth-order valence-corrected chi connectivity index (χ4v) is 3.19. The van der Waals surface area contributed by atoms with Gasteiger partial charge in [0.1, 0.15) is 6.04 Å². The Morgan fingerprint density at radius 2 is 2.00 bits per heavy atom. The van der Waals surface area contributed by atoms with Crippen LogP contribution in [0.1, 0.15) is 45.4 Å². The van der Waals surface area contributed by atoms with Crippen LogP contribution in [0.4, 0.5) is 0 Å². The Labute approximate surface area is 108 Å². The summed E-state index contributed by atoms with van der Waals surface area (Å²) in [6, 6.07) is -0.286. The molecule has 2 amide bonds. The number of carbonyl (C=O) groups excluding carboxylic acids is 2. The van der Waals surface area contributed by atoms with Crippen LogP contribution in [-0.2, 0) is 9.59 Å². The van der Waals surface area contributed by atoms with E-state index in [4.69, 9.17) is 5.73 Å². The highest BCUT2D eigenvalue weighted by atomic mass is 16.2. The average Bonchev–Trinajstić information content (AvgIpc) is 2.97. The highest BCUT2D eigenvalue weighted by molar-refractivity contribution is 5.88.